The van der Waals surface area contributed by atoms with Gasteiger partial charge in [-0.15, -0.1) is 0 Å². The summed E-state index contributed by atoms with van der Waals surface area (Å²) in [6.07, 6.45) is 1.39. The molecule has 0 unspecified atom stereocenters. The number of benzene rings is 2. The second kappa shape index (κ2) is 8.35. The van der Waals surface area contributed by atoms with E-state index in [2.05, 4.69) is 15.3 Å². The van der Waals surface area contributed by atoms with Crippen molar-refractivity contribution < 1.29 is 9.21 Å². The first-order valence-corrected chi connectivity index (χ1v) is 10.7. The van der Waals surface area contributed by atoms with Crippen LogP contribution in [0.4, 0.5) is 0 Å². The van der Waals surface area contributed by atoms with E-state index >= 15 is 0 Å². The van der Waals surface area contributed by atoms with Crippen molar-refractivity contribution >= 4 is 28.1 Å². The lowest BCUT2D eigenvalue weighted by Crippen LogP contribution is -2.35. The van der Waals surface area contributed by atoms with Crippen LogP contribution in [0.15, 0.2) is 82.3 Å². The first kappa shape index (κ1) is 20.6. The summed E-state index contributed by atoms with van der Waals surface area (Å²) in [7, 11) is 0. The second-order valence-electron chi connectivity index (χ2n) is 8.04. The molecule has 0 saturated heterocycles. The SMILES string of the molecule is Cc1cc(C)c2c(n1)oc1c(=O)n(CC(=O)NC(c3ccccc3)c3ccccc3)cnc12. The molecule has 0 aliphatic heterocycles. The fraction of sp³-hybridized carbons (Fsp3) is 0.154. The number of amides is 1. The number of hydrogen-bond acceptors (Lipinski definition) is 5. The number of nitrogens with zero attached hydrogens (tertiary/aromatic N) is 3. The molecule has 2 aromatic carbocycles. The molecule has 164 valence electrons. The highest BCUT2D eigenvalue weighted by atomic mass is 16.3. The highest BCUT2D eigenvalue weighted by Crippen LogP contribution is 2.27. The van der Waals surface area contributed by atoms with E-state index in [9.17, 15) is 9.59 Å². The molecule has 1 amide bonds. The molecular weight excluding hydrogens is 416 g/mol. The van der Waals surface area contributed by atoms with Gasteiger partial charge in [-0.3, -0.25) is 14.2 Å². The van der Waals surface area contributed by atoms with Crippen LogP contribution in [-0.2, 0) is 11.3 Å². The summed E-state index contributed by atoms with van der Waals surface area (Å²) in [5.74, 6) is -0.308. The number of carbonyl (C=O) groups is 1. The van der Waals surface area contributed by atoms with Gasteiger partial charge in [-0.2, -0.15) is 0 Å². The van der Waals surface area contributed by atoms with Crippen LogP contribution in [-0.4, -0.2) is 20.4 Å². The van der Waals surface area contributed by atoms with Crippen LogP contribution in [0.2, 0.25) is 0 Å². The smallest absolute Gasteiger partial charge is 0.297 e. The van der Waals surface area contributed by atoms with E-state index < -0.39 is 5.56 Å². The molecule has 7 nitrogen and oxygen atoms in total. The van der Waals surface area contributed by atoms with Gasteiger partial charge in [-0.05, 0) is 36.6 Å². The fourth-order valence-electron chi connectivity index (χ4n) is 4.13. The van der Waals surface area contributed by atoms with Crippen LogP contribution in [0.1, 0.15) is 28.4 Å². The average molecular weight is 438 g/mol. The van der Waals surface area contributed by atoms with Gasteiger partial charge in [0, 0.05) is 5.69 Å². The van der Waals surface area contributed by atoms with Gasteiger partial charge < -0.3 is 9.73 Å². The Morgan fingerprint density at radius 1 is 1.03 bits per heavy atom. The van der Waals surface area contributed by atoms with Gasteiger partial charge in [-0.25, -0.2) is 9.97 Å². The lowest BCUT2D eigenvalue weighted by Gasteiger charge is -2.20. The highest BCUT2D eigenvalue weighted by molar-refractivity contribution is 6.02. The number of furan rings is 1. The molecule has 7 heteroatoms. The number of nitrogens with one attached hydrogen (secondary N) is 1. The van der Waals surface area contributed by atoms with E-state index in [1.807, 2.05) is 80.6 Å². The number of hydrogen-bond donors (Lipinski definition) is 1. The number of rotatable bonds is 5. The summed E-state index contributed by atoms with van der Waals surface area (Å²) in [6, 6.07) is 21.0. The van der Waals surface area contributed by atoms with Crippen molar-refractivity contribution in [2.24, 2.45) is 0 Å². The minimum Gasteiger partial charge on any atom is -0.430 e. The predicted molar refractivity (Wildman–Crippen MR) is 126 cm³/mol. The van der Waals surface area contributed by atoms with Gasteiger partial charge in [-0.1, -0.05) is 60.7 Å². The molecule has 33 heavy (non-hydrogen) atoms. The molecule has 0 spiro atoms. The lowest BCUT2D eigenvalue weighted by atomic mass is 9.99. The molecule has 3 heterocycles. The summed E-state index contributed by atoms with van der Waals surface area (Å²) >= 11 is 0. The van der Waals surface area contributed by atoms with E-state index in [0.717, 1.165) is 27.8 Å². The molecule has 0 saturated carbocycles. The fourth-order valence-corrected chi connectivity index (χ4v) is 4.13. The Kier molecular flexibility index (Phi) is 5.22. The predicted octanol–water partition coefficient (Wildman–Crippen LogP) is 4.06. The van der Waals surface area contributed by atoms with Crippen molar-refractivity contribution in [1.82, 2.24) is 19.9 Å². The van der Waals surface area contributed by atoms with Crippen molar-refractivity contribution in [1.29, 1.82) is 0 Å². The maximum atomic E-state index is 13.1. The van der Waals surface area contributed by atoms with Gasteiger partial charge in [0.2, 0.25) is 17.2 Å². The van der Waals surface area contributed by atoms with Crippen LogP contribution in [0.25, 0.3) is 22.2 Å². The quantitative estimate of drug-likeness (QED) is 0.447. The number of carbonyl (C=O) groups excluding carboxylic acids is 1. The van der Waals surface area contributed by atoms with E-state index in [1.165, 1.54) is 10.9 Å². The minimum atomic E-state index is -0.416. The minimum absolute atomic E-state index is 0.101. The summed E-state index contributed by atoms with van der Waals surface area (Å²) in [4.78, 5) is 34.9. The van der Waals surface area contributed by atoms with E-state index in [-0.39, 0.29) is 24.1 Å². The highest BCUT2D eigenvalue weighted by Gasteiger charge is 2.20. The Bertz CT molecular complexity index is 1480. The van der Waals surface area contributed by atoms with Crippen molar-refractivity contribution in [3.8, 4) is 0 Å². The van der Waals surface area contributed by atoms with Crippen LogP contribution in [0.5, 0.6) is 0 Å². The van der Waals surface area contributed by atoms with Crippen LogP contribution < -0.4 is 10.9 Å². The van der Waals surface area contributed by atoms with Crippen molar-refractivity contribution in [3.05, 3.63) is 106 Å². The van der Waals surface area contributed by atoms with Gasteiger partial charge in [0.05, 0.1) is 17.8 Å². The third-order valence-electron chi connectivity index (χ3n) is 5.63. The number of aryl methyl sites for hydroxylation is 2. The van der Waals surface area contributed by atoms with E-state index in [4.69, 9.17) is 4.42 Å². The topological polar surface area (TPSA) is 90.0 Å². The third kappa shape index (κ3) is 3.89. The normalized spacial score (nSPS) is 11.4. The maximum Gasteiger partial charge on any atom is 0.297 e. The van der Waals surface area contributed by atoms with Gasteiger partial charge in [0.1, 0.15) is 12.1 Å². The van der Waals surface area contributed by atoms with Crippen molar-refractivity contribution in [2.75, 3.05) is 0 Å². The third-order valence-corrected chi connectivity index (χ3v) is 5.63. The summed E-state index contributed by atoms with van der Waals surface area (Å²) in [5.41, 5.74) is 4.16. The zero-order chi connectivity index (χ0) is 22.9. The summed E-state index contributed by atoms with van der Waals surface area (Å²) in [6.45, 7) is 3.62. The summed E-state index contributed by atoms with van der Waals surface area (Å²) < 4.78 is 7.01. The summed E-state index contributed by atoms with van der Waals surface area (Å²) in [5, 5.41) is 3.77. The van der Waals surface area contributed by atoms with Crippen LogP contribution in [0.3, 0.4) is 0 Å². The van der Waals surface area contributed by atoms with Crippen molar-refractivity contribution in [2.45, 2.75) is 26.4 Å². The van der Waals surface area contributed by atoms with Gasteiger partial charge >= 0.3 is 0 Å². The molecule has 0 atom stereocenters. The molecule has 0 aliphatic rings. The Morgan fingerprint density at radius 3 is 2.30 bits per heavy atom. The monoisotopic (exact) mass is 438 g/mol. The molecule has 1 N–H and O–H groups in total. The second-order valence-corrected chi connectivity index (χ2v) is 8.04. The molecule has 5 rings (SSSR count). The van der Waals surface area contributed by atoms with Gasteiger partial charge in [0.15, 0.2) is 0 Å². The zero-order valence-electron chi connectivity index (χ0n) is 18.3. The molecule has 5 aromatic rings. The van der Waals surface area contributed by atoms with Crippen molar-refractivity contribution in [3.63, 3.8) is 0 Å². The maximum absolute atomic E-state index is 13.1. The number of aromatic nitrogens is 3. The largest absolute Gasteiger partial charge is 0.430 e. The molecular formula is C26H22N4O3. The Hall–Kier alpha value is -4.26. The van der Waals surface area contributed by atoms with E-state index in [1.54, 1.807) is 0 Å². The number of pyridine rings is 1. The zero-order valence-corrected chi connectivity index (χ0v) is 18.3. The molecule has 0 radical (unpaired) electrons. The average Bonchev–Trinajstić information content (AvgIpc) is 3.20. The Balaban J connectivity index is 1.47. The Labute approximate surface area is 189 Å². The first-order chi connectivity index (χ1) is 16.0. The molecule has 3 aromatic heterocycles. The molecule has 0 bridgehead atoms. The molecule has 0 aliphatic carbocycles. The van der Waals surface area contributed by atoms with Crippen LogP contribution in [0, 0.1) is 13.8 Å². The lowest BCUT2D eigenvalue weighted by molar-refractivity contribution is -0.122. The molecule has 0 fully saturated rings. The first-order valence-electron chi connectivity index (χ1n) is 10.7. The number of fused-ring (bicyclic) bond motifs is 3. The van der Waals surface area contributed by atoms with Crippen LogP contribution >= 0.6 is 0 Å². The van der Waals surface area contributed by atoms with Gasteiger partial charge in [0.25, 0.3) is 5.56 Å². The standard InChI is InChI=1S/C26H22N4O3/c1-16-13-17(2)28-25-21(16)23-24(33-25)26(32)30(15-27-23)14-20(31)29-22(18-9-5-3-6-10-18)19-11-7-4-8-12-19/h3-13,15,22H,14H2,1-2H3,(H,29,31). The Morgan fingerprint density at radius 2 is 1.67 bits per heavy atom. The van der Waals surface area contributed by atoms with E-state index in [0.29, 0.717) is 11.2 Å².